The van der Waals surface area contributed by atoms with Gasteiger partial charge in [0.05, 0.1) is 25.3 Å². The molecule has 0 radical (unpaired) electrons. The topological polar surface area (TPSA) is 39.7 Å². The van der Waals surface area contributed by atoms with E-state index in [0.717, 1.165) is 31.7 Å². The van der Waals surface area contributed by atoms with Crippen LogP contribution in [0.1, 0.15) is 12.0 Å². The first kappa shape index (κ1) is 16.2. The molecule has 1 N–H and O–H groups in total. The van der Waals surface area contributed by atoms with Crippen molar-refractivity contribution in [2.75, 3.05) is 40.6 Å². The molecule has 0 unspecified atom stereocenters. The summed E-state index contributed by atoms with van der Waals surface area (Å²) in [5, 5.41) is 3.99. The van der Waals surface area contributed by atoms with Crippen molar-refractivity contribution >= 4 is 11.6 Å². The molecule has 1 aromatic carbocycles. The Kier molecular flexibility index (Phi) is 8.58. The number of hydrogen-bond donors (Lipinski definition) is 1. The Morgan fingerprint density at radius 1 is 1.16 bits per heavy atom. The molecule has 108 valence electrons. The van der Waals surface area contributed by atoms with Crippen LogP contribution < -0.4 is 10.1 Å². The first-order valence-electron chi connectivity index (χ1n) is 6.37. The predicted octanol–water partition coefficient (Wildman–Crippen LogP) is 2.49. The van der Waals surface area contributed by atoms with Crippen molar-refractivity contribution in [1.82, 2.24) is 5.32 Å². The third kappa shape index (κ3) is 6.78. The number of methoxy groups -OCH3 is 2. The quantitative estimate of drug-likeness (QED) is 0.671. The molecule has 0 saturated heterocycles. The van der Waals surface area contributed by atoms with Gasteiger partial charge in [0.15, 0.2) is 0 Å². The number of halogens is 1. The fourth-order valence-electron chi connectivity index (χ4n) is 1.60. The second-order valence-electron chi connectivity index (χ2n) is 4.10. The number of benzene rings is 1. The standard InChI is InChI=1S/C14H22ClNO3/c1-17-8-9-19-7-3-6-16-11-12-4-5-14(18-2)13(15)10-12/h4-5,10,16H,3,6-9,11H2,1-2H3. The summed E-state index contributed by atoms with van der Waals surface area (Å²) < 4.78 is 15.4. The number of nitrogens with one attached hydrogen (secondary N) is 1. The van der Waals surface area contributed by atoms with Gasteiger partial charge in [-0.3, -0.25) is 0 Å². The van der Waals surface area contributed by atoms with Gasteiger partial charge in [0.25, 0.3) is 0 Å². The molecule has 0 bridgehead atoms. The summed E-state index contributed by atoms with van der Waals surface area (Å²) in [4.78, 5) is 0. The van der Waals surface area contributed by atoms with E-state index in [0.29, 0.717) is 24.0 Å². The average molecular weight is 288 g/mol. The van der Waals surface area contributed by atoms with Crippen LogP contribution in [0.25, 0.3) is 0 Å². The van der Waals surface area contributed by atoms with E-state index >= 15 is 0 Å². The van der Waals surface area contributed by atoms with Crippen LogP contribution >= 0.6 is 11.6 Å². The molecule has 0 heterocycles. The van der Waals surface area contributed by atoms with E-state index in [2.05, 4.69) is 5.32 Å². The first-order chi connectivity index (χ1) is 9.27. The second kappa shape index (κ2) is 10.0. The van der Waals surface area contributed by atoms with Gasteiger partial charge in [0.1, 0.15) is 5.75 Å². The van der Waals surface area contributed by atoms with Crippen LogP contribution in [0.4, 0.5) is 0 Å². The lowest BCUT2D eigenvalue weighted by Gasteiger charge is -2.08. The van der Waals surface area contributed by atoms with Gasteiger partial charge in [-0.05, 0) is 30.7 Å². The van der Waals surface area contributed by atoms with Crippen molar-refractivity contribution in [2.24, 2.45) is 0 Å². The average Bonchev–Trinajstić information content (AvgIpc) is 2.42. The summed E-state index contributed by atoms with van der Waals surface area (Å²) in [6, 6.07) is 5.81. The fraction of sp³-hybridized carbons (Fsp3) is 0.571. The predicted molar refractivity (Wildman–Crippen MR) is 77.0 cm³/mol. The highest BCUT2D eigenvalue weighted by atomic mass is 35.5. The van der Waals surface area contributed by atoms with E-state index in [4.69, 9.17) is 25.8 Å². The third-order valence-electron chi connectivity index (χ3n) is 2.62. The second-order valence-corrected chi connectivity index (χ2v) is 4.51. The molecule has 19 heavy (non-hydrogen) atoms. The molecule has 4 nitrogen and oxygen atoms in total. The summed E-state index contributed by atoms with van der Waals surface area (Å²) in [7, 11) is 3.29. The van der Waals surface area contributed by atoms with Crippen molar-refractivity contribution in [2.45, 2.75) is 13.0 Å². The zero-order valence-corrected chi connectivity index (χ0v) is 12.3. The Bertz CT molecular complexity index is 361. The van der Waals surface area contributed by atoms with Crippen LogP contribution in [0.5, 0.6) is 5.75 Å². The normalized spacial score (nSPS) is 10.7. The zero-order valence-electron chi connectivity index (χ0n) is 11.6. The minimum absolute atomic E-state index is 0.643. The highest BCUT2D eigenvalue weighted by molar-refractivity contribution is 6.32. The lowest BCUT2D eigenvalue weighted by atomic mass is 10.2. The number of rotatable bonds is 10. The summed E-state index contributed by atoms with van der Waals surface area (Å²) in [5.74, 6) is 0.706. The van der Waals surface area contributed by atoms with E-state index in [1.54, 1.807) is 14.2 Å². The van der Waals surface area contributed by atoms with E-state index in [9.17, 15) is 0 Å². The highest BCUT2D eigenvalue weighted by Crippen LogP contribution is 2.24. The van der Waals surface area contributed by atoms with Crippen molar-refractivity contribution in [3.8, 4) is 5.75 Å². The van der Waals surface area contributed by atoms with Gasteiger partial charge in [0.2, 0.25) is 0 Å². The van der Waals surface area contributed by atoms with Crippen molar-refractivity contribution in [3.05, 3.63) is 28.8 Å². The van der Waals surface area contributed by atoms with Gasteiger partial charge in [-0.2, -0.15) is 0 Å². The van der Waals surface area contributed by atoms with Crippen LogP contribution in [-0.4, -0.2) is 40.6 Å². The first-order valence-corrected chi connectivity index (χ1v) is 6.75. The molecule has 5 heteroatoms. The fourth-order valence-corrected chi connectivity index (χ4v) is 1.88. The molecule has 1 rings (SSSR count). The molecule has 0 atom stereocenters. The molecular formula is C14H22ClNO3. The molecule has 0 aliphatic carbocycles. The lowest BCUT2D eigenvalue weighted by molar-refractivity contribution is 0.0695. The van der Waals surface area contributed by atoms with Gasteiger partial charge in [-0.15, -0.1) is 0 Å². The summed E-state index contributed by atoms with van der Waals surface area (Å²) in [6.45, 7) is 3.76. The number of ether oxygens (including phenoxy) is 3. The van der Waals surface area contributed by atoms with Gasteiger partial charge in [-0.1, -0.05) is 17.7 Å². The maximum absolute atomic E-state index is 6.06. The smallest absolute Gasteiger partial charge is 0.137 e. The van der Waals surface area contributed by atoms with E-state index < -0.39 is 0 Å². The van der Waals surface area contributed by atoms with Crippen LogP contribution in [0.15, 0.2) is 18.2 Å². The minimum Gasteiger partial charge on any atom is -0.495 e. The molecule has 0 aliphatic rings. The Morgan fingerprint density at radius 2 is 2.00 bits per heavy atom. The van der Waals surface area contributed by atoms with Gasteiger partial charge in [0, 0.05) is 20.3 Å². The minimum atomic E-state index is 0.643. The van der Waals surface area contributed by atoms with Gasteiger partial charge < -0.3 is 19.5 Å². The van der Waals surface area contributed by atoms with Crippen molar-refractivity contribution in [1.29, 1.82) is 0 Å². The third-order valence-corrected chi connectivity index (χ3v) is 2.91. The van der Waals surface area contributed by atoms with Gasteiger partial charge in [-0.25, -0.2) is 0 Å². The van der Waals surface area contributed by atoms with E-state index in [1.165, 1.54) is 0 Å². The van der Waals surface area contributed by atoms with E-state index in [1.807, 2.05) is 18.2 Å². The summed E-state index contributed by atoms with van der Waals surface area (Å²) >= 11 is 6.06. The molecule has 1 aromatic rings. The largest absolute Gasteiger partial charge is 0.495 e. The van der Waals surface area contributed by atoms with Crippen molar-refractivity contribution < 1.29 is 14.2 Å². The zero-order chi connectivity index (χ0) is 13.9. The van der Waals surface area contributed by atoms with Crippen LogP contribution in [0.2, 0.25) is 5.02 Å². The SMILES string of the molecule is COCCOCCCNCc1ccc(OC)c(Cl)c1. The van der Waals surface area contributed by atoms with Crippen molar-refractivity contribution in [3.63, 3.8) is 0 Å². The summed E-state index contributed by atoms with van der Waals surface area (Å²) in [6.07, 6.45) is 0.980. The maximum atomic E-state index is 6.06. The Morgan fingerprint density at radius 3 is 2.68 bits per heavy atom. The highest BCUT2D eigenvalue weighted by Gasteiger charge is 2.01. The summed E-state index contributed by atoms with van der Waals surface area (Å²) in [5.41, 5.74) is 1.14. The molecular weight excluding hydrogens is 266 g/mol. The van der Waals surface area contributed by atoms with E-state index in [-0.39, 0.29) is 0 Å². The van der Waals surface area contributed by atoms with Crippen LogP contribution in [-0.2, 0) is 16.0 Å². The maximum Gasteiger partial charge on any atom is 0.137 e. The molecule has 0 saturated carbocycles. The Balaban J connectivity index is 2.11. The molecule has 0 fully saturated rings. The molecule has 0 aliphatic heterocycles. The van der Waals surface area contributed by atoms with Crippen LogP contribution in [0, 0.1) is 0 Å². The lowest BCUT2D eigenvalue weighted by Crippen LogP contribution is -2.16. The Labute approximate surface area is 120 Å². The molecule has 0 amide bonds. The Hall–Kier alpha value is -0.810. The molecule has 0 aromatic heterocycles. The number of hydrogen-bond acceptors (Lipinski definition) is 4. The van der Waals surface area contributed by atoms with Crippen LogP contribution in [0.3, 0.4) is 0 Å². The molecule has 0 spiro atoms. The monoisotopic (exact) mass is 287 g/mol. The van der Waals surface area contributed by atoms with Gasteiger partial charge >= 0.3 is 0 Å².